The van der Waals surface area contributed by atoms with E-state index < -0.39 is 18.6 Å². The van der Waals surface area contributed by atoms with Gasteiger partial charge in [-0.15, -0.1) is 0 Å². The first kappa shape index (κ1) is 11.1. The molecule has 0 heterocycles. The van der Waals surface area contributed by atoms with Gasteiger partial charge in [0.15, 0.2) is 0 Å². The van der Waals surface area contributed by atoms with Crippen LogP contribution in [-0.2, 0) is 9.13 Å². The molecule has 0 rings (SSSR count). The third kappa shape index (κ3) is 3.48. The normalized spacial score (nSPS) is 14.2. The third-order valence-corrected chi connectivity index (χ3v) is 9.48. The van der Waals surface area contributed by atoms with Gasteiger partial charge in [0.1, 0.15) is 0 Å². The maximum atomic E-state index is 10.2. The molecule has 9 heteroatoms. The number of hydrogen-bond acceptors (Lipinski definition) is 2. The van der Waals surface area contributed by atoms with Crippen molar-refractivity contribution in [1.29, 1.82) is 0 Å². The van der Waals surface area contributed by atoms with Crippen LogP contribution in [-0.4, -0.2) is 45.5 Å². The van der Waals surface area contributed by atoms with E-state index in [1.165, 1.54) is 0 Å². The van der Waals surface area contributed by atoms with E-state index in [2.05, 4.69) is 0 Å². The second-order valence-corrected chi connectivity index (χ2v) is 9.77. The van der Waals surface area contributed by atoms with Gasteiger partial charge in [-0.2, -0.15) is 0 Å². The van der Waals surface area contributed by atoms with Crippen molar-refractivity contribution in [1.82, 2.24) is 0 Å². The van der Waals surface area contributed by atoms with Crippen LogP contribution in [0, 0.1) is 0 Å². The van der Waals surface area contributed by atoms with Gasteiger partial charge < -0.3 is 0 Å². The minimum absolute atomic E-state index is 0.142. The molecule has 6 nitrogen and oxygen atoms in total. The molecule has 0 bridgehead atoms. The molecule has 0 spiro atoms. The molecule has 0 aliphatic carbocycles. The van der Waals surface area contributed by atoms with E-state index in [1.54, 1.807) is 0 Å². The van der Waals surface area contributed by atoms with Gasteiger partial charge >= 0.3 is 69.8 Å². The average molecular weight is 294 g/mol. The Morgan fingerprint density at radius 3 is 1.20 bits per heavy atom. The van der Waals surface area contributed by atoms with Crippen LogP contribution in [0.3, 0.4) is 0 Å². The zero-order valence-corrected chi connectivity index (χ0v) is 9.22. The van der Waals surface area contributed by atoms with Gasteiger partial charge in [0.05, 0.1) is 0 Å². The summed E-state index contributed by atoms with van der Waals surface area (Å²) in [5.41, 5.74) is 0. The van der Waals surface area contributed by atoms with Crippen LogP contribution in [0.2, 0.25) is 0 Å². The van der Waals surface area contributed by atoms with Crippen molar-refractivity contribution in [2.24, 2.45) is 0 Å². The van der Waals surface area contributed by atoms with Gasteiger partial charge in [0.25, 0.3) is 0 Å². The van der Waals surface area contributed by atoms with Gasteiger partial charge in [-0.3, -0.25) is 0 Å². The monoisotopic (exact) mass is 295 g/mol. The van der Waals surface area contributed by atoms with Crippen LogP contribution >= 0.6 is 15.2 Å². The Hall–Kier alpha value is 1.10. The Morgan fingerprint density at radius 1 is 1.00 bits per heavy atom. The standard InChI is InChI=1S/CH5O6P2.Sn/c2-8(3,4)1-9(5,6)7;/h1H,(H2,2,3,4)(H2,5,6,7);. The molecule has 0 aromatic rings. The summed E-state index contributed by atoms with van der Waals surface area (Å²) in [6.45, 7) is 0. The average Bonchev–Trinajstić information content (AvgIpc) is 1.59. The van der Waals surface area contributed by atoms with Gasteiger partial charge in [-0.25, -0.2) is 0 Å². The van der Waals surface area contributed by atoms with Crippen molar-refractivity contribution in [2.45, 2.75) is 3.42 Å². The Balaban J connectivity index is 4.56. The van der Waals surface area contributed by atoms with E-state index in [9.17, 15) is 9.13 Å². The Morgan fingerprint density at radius 2 is 1.20 bits per heavy atom. The van der Waals surface area contributed by atoms with Crippen molar-refractivity contribution in [3.8, 4) is 0 Å². The second kappa shape index (κ2) is 3.23. The van der Waals surface area contributed by atoms with Crippen LogP contribution in [0.1, 0.15) is 0 Å². The molecule has 0 aliphatic rings. The summed E-state index contributed by atoms with van der Waals surface area (Å²) in [6.07, 6.45) is 0. The van der Waals surface area contributed by atoms with E-state index in [0.29, 0.717) is 0 Å². The van der Waals surface area contributed by atoms with Crippen molar-refractivity contribution in [3.63, 3.8) is 0 Å². The van der Waals surface area contributed by atoms with Crippen LogP contribution in [0.5, 0.6) is 0 Å². The molecule has 3 radical (unpaired) electrons. The fourth-order valence-corrected chi connectivity index (χ4v) is 1.76. The fourth-order valence-electron chi connectivity index (χ4n) is 0.196. The quantitative estimate of drug-likeness (QED) is 0.375. The molecule has 0 aromatic carbocycles. The molecule has 0 saturated carbocycles. The van der Waals surface area contributed by atoms with E-state index >= 15 is 0 Å². The summed E-state index contributed by atoms with van der Waals surface area (Å²) in [7, 11) is -9.20. The molecule has 0 amide bonds. The summed E-state index contributed by atoms with van der Waals surface area (Å²) in [4.78, 5) is 33.1. The molecule has 0 fully saturated rings. The van der Waals surface area contributed by atoms with Gasteiger partial charge in [-0.1, -0.05) is 0 Å². The van der Waals surface area contributed by atoms with E-state index in [1.807, 2.05) is 0 Å². The second-order valence-electron chi connectivity index (χ2n) is 1.55. The fraction of sp³-hybridized carbons (Fsp3) is 1.00. The molecular weight excluding hydrogens is 289 g/mol. The first-order valence-electron chi connectivity index (χ1n) is 1.97. The van der Waals surface area contributed by atoms with Gasteiger partial charge in [-0.05, 0) is 0 Å². The summed E-state index contributed by atoms with van der Waals surface area (Å²) < 4.78 is 18.6. The first-order chi connectivity index (χ1) is 4.15. The predicted octanol–water partition coefficient (Wildman–Crippen LogP) is -1.21. The summed E-state index contributed by atoms with van der Waals surface area (Å²) in [6, 6.07) is 0. The van der Waals surface area contributed by atoms with Crippen LogP contribution in [0.4, 0.5) is 0 Å². The van der Waals surface area contributed by atoms with Crippen molar-refractivity contribution < 1.29 is 28.7 Å². The first-order valence-corrected chi connectivity index (χ1v) is 6.98. The zero-order valence-electron chi connectivity index (χ0n) is 4.58. The topological polar surface area (TPSA) is 115 Å². The SMILES string of the molecule is O=P(O)(O)[CH]([Sn])P(=O)(O)O. The van der Waals surface area contributed by atoms with Crippen molar-refractivity contribution >= 4 is 37.7 Å². The van der Waals surface area contributed by atoms with E-state index in [0.717, 1.165) is 0 Å². The number of rotatable bonds is 2. The van der Waals surface area contributed by atoms with Crippen LogP contribution in [0.25, 0.3) is 0 Å². The van der Waals surface area contributed by atoms with Gasteiger partial charge in [0.2, 0.25) is 0 Å². The minimum atomic E-state index is -4.60. The molecule has 10 heavy (non-hydrogen) atoms. The van der Waals surface area contributed by atoms with Crippen molar-refractivity contribution in [3.05, 3.63) is 0 Å². The van der Waals surface area contributed by atoms with Crippen LogP contribution < -0.4 is 0 Å². The summed E-state index contributed by atoms with van der Waals surface area (Å²) in [5.74, 6) is 0. The molecule has 0 atom stereocenters. The van der Waals surface area contributed by atoms with E-state index in [4.69, 9.17) is 19.6 Å². The predicted molar refractivity (Wildman–Crippen MR) is 33.6 cm³/mol. The van der Waals surface area contributed by atoms with E-state index in [-0.39, 0.29) is 22.5 Å². The molecule has 0 aliphatic heterocycles. The summed E-state index contributed by atoms with van der Waals surface area (Å²) in [5, 5.41) is 0. The third-order valence-electron chi connectivity index (χ3n) is 0.637. The molecule has 0 saturated heterocycles. The van der Waals surface area contributed by atoms with Gasteiger partial charge in [0, 0.05) is 0 Å². The molecule has 59 valence electrons. The molecule has 0 unspecified atom stereocenters. The number of hydrogen-bond donors (Lipinski definition) is 4. The molecular formula is CH5O6P2Sn. The zero-order chi connectivity index (χ0) is 8.58. The van der Waals surface area contributed by atoms with Crippen LogP contribution in [0.15, 0.2) is 0 Å². The maximum absolute atomic E-state index is 10.2. The Labute approximate surface area is 70.1 Å². The molecule has 4 N–H and O–H groups in total. The Bertz CT molecular complexity index is 178. The Kier molecular flexibility index (Phi) is 3.58. The van der Waals surface area contributed by atoms with Crippen molar-refractivity contribution in [2.75, 3.05) is 0 Å². The summed E-state index contributed by atoms with van der Waals surface area (Å²) >= 11 is 0.142. The molecule has 0 aromatic heterocycles.